The lowest BCUT2D eigenvalue weighted by Crippen LogP contribution is -2.45. The molecule has 548 valence electrons. The first-order chi connectivity index (χ1) is 45.5. The molecule has 0 spiro atoms. The van der Waals surface area contributed by atoms with Crippen LogP contribution in [0.5, 0.6) is 0 Å². The first-order valence-electron chi connectivity index (χ1n) is 43.0. The van der Waals surface area contributed by atoms with Gasteiger partial charge in [0.25, 0.3) is 0 Å². The second-order valence-electron chi connectivity index (χ2n) is 29.9. The Morgan fingerprint density at radius 1 is 0.293 bits per heavy atom. The van der Waals surface area contributed by atoms with Crippen LogP contribution < -0.4 is 5.32 Å². The average Bonchev–Trinajstić information content (AvgIpc) is 3.61. The fraction of sp³-hybridized carbons (Fsp3) is 0.953. The molecule has 0 aromatic heterocycles. The molecule has 0 rings (SSSR count). The monoisotopic (exact) mass is 1300 g/mol. The van der Waals surface area contributed by atoms with E-state index in [1.165, 1.54) is 437 Å². The lowest BCUT2D eigenvalue weighted by Gasteiger charge is -2.20. The molecule has 0 radical (unpaired) electrons. The highest BCUT2D eigenvalue weighted by Gasteiger charge is 2.18. The number of carbonyl (C=O) groups is 2. The number of allylic oxidation sites excluding steroid dienone is 1. The molecule has 0 heterocycles. The van der Waals surface area contributed by atoms with Gasteiger partial charge in [-0.2, -0.15) is 0 Å². The van der Waals surface area contributed by atoms with Crippen LogP contribution in [-0.2, 0) is 14.3 Å². The summed E-state index contributed by atoms with van der Waals surface area (Å²) in [6, 6.07) is -0.624. The highest BCUT2D eigenvalue weighted by molar-refractivity contribution is 5.76. The van der Waals surface area contributed by atoms with Crippen LogP contribution >= 0.6 is 0 Å². The molecule has 2 atom stereocenters. The Labute approximate surface area is 578 Å². The van der Waals surface area contributed by atoms with Gasteiger partial charge in [-0.05, 0) is 32.1 Å². The zero-order valence-electron chi connectivity index (χ0n) is 63.1. The molecule has 6 heteroatoms. The van der Waals surface area contributed by atoms with Crippen LogP contribution in [0.25, 0.3) is 0 Å². The Morgan fingerprint density at radius 2 is 0.500 bits per heavy atom. The summed E-state index contributed by atoms with van der Waals surface area (Å²) < 4.78 is 5.51. The Bertz CT molecular complexity index is 1400. The Hall–Kier alpha value is -1.40. The van der Waals surface area contributed by atoms with Gasteiger partial charge in [-0.25, -0.2) is 0 Å². The maximum absolute atomic E-state index is 12.6. The number of amides is 1. The predicted molar refractivity (Wildman–Crippen MR) is 407 cm³/mol. The van der Waals surface area contributed by atoms with Crippen LogP contribution in [0.1, 0.15) is 502 Å². The zero-order valence-corrected chi connectivity index (χ0v) is 63.1. The predicted octanol–water partition coefficient (Wildman–Crippen LogP) is 28.6. The van der Waals surface area contributed by atoms with Gasteiger partial charge in [0, 0.05) is 12.8 Å². The molecule has 92 heavy (non-hydrogen) atoms. The maximum Gasteiger partial charge on any atom is 0.305 e. The van der Waals surface area contributed by atoms with Gasteiger partial charge in [0.1, 0.15) is 0 Å². The van der Waals surface area contributed by atoms with Gasteiger partial charge >= 0.3 is 5.97 Å². The van der Waals surface area contributed by atoms with E-state index in [1.54, 1.807) is 6.08 Å². The van der Waals surface area contributed by atoms with E-state index in [4.69, 9.17) is 4.74 Å². The normalized spacial score (nSPS) is 12.4. The van der Waals surface area contributed by atoms with Gasteiger partial charge in [0.05, 0.1) is 25.4 Å². The Kier molecular flexibility index (Phi) is 80.8. The van der Waals surface area contributed by atoms with Crippen molar-refractivity contribution in [1.82, 2.24) is 5.32 Å². The van der Waals surface area contributed by atoms with Gasteiger partial charge in [-0.15, -0.1) is 0 Å². The minimum atomic E-state index is -0.841. The third-order valence-electron chi connectivity index (χ3n) is 20.6. The molecule has 0 bridgehead atoms. The minimum absolute atomic E-state index is 0.0275. The highest BCUT2D eigenvalue weighted by Crippen LogP contribution is 2.21. The second kappa shape index (κ2) is 82.0. The number of nitrogens with one attached hydrogen (secondary N) is 1. The maximum atomic E-state index is 12.6. The Morgan fingerprint density at radius 3 is 0.739 bits per heavy atom. The number of aliphatic hydroxyl groups excluding tert-OH is 2. The van der Waals surface area contributed by atoms with E-state index in [0.717, 1.165) is 38.5 Å². The van der Waals surface area contributed by atoms with Crippen LogP contribution in [0.3, 0.4) is 0 Å². The van der Waals surface area contributed by atoms with E-state index in [9.17, 15) is 19.8 Å². The van der Waals surface area contributed by atoms with Crippen molar-refractivity contribution in [1.29, 1.82) is 0 Å². The molecular formula is C86H169NO5. The van der Waals surface area contributed by atoms with Gasteiger partial charge in [0.15, 0.2) is 0 Å². The number of carbonyl (C=O) groups excluding carboxylic acids is 2. The summed E-state index contributed by atoms with van der Waals surface area (Å²) in [4.78, 5) is 24.7. The standard InChI is InChI=1S/C86H169NO5/c1-3-5-7-9-11-13-15-17-19-20-21-22-38-41-44-47-51-54-58-62-66-70-74-78-84(89)83(82-88)87-85(90)79-75-71-67-63-59-55-52-48-45-42-39-36-34-32-30-28-26-24-23-25-27-29-31-33-35-37-40-43-46-49-53-57-61-65-69-73-77-81-92-86(91)80-76-72-68-64-60-56-50-18-16-14-12-10-8-6-4-2/h74,78,83-84,88-89H,3-73,75-77,79-82H2,1-2H3,(H,87,90)/b78-74+. The number of hydrogen-bond acceptors (Lipinski definition) is 5. The SMILES string of the molecule is CCCCCCCCCCCCCCCCCCCCCCC/C=C/C(O)C(CO)NC(=O)CCCCCCCCCCCCCCCCCCCCCCCCCCCCCCCCCCCCCCCOC(=O)CCCCCCCCCCCCCCCCC. The smallest absolute Gasteiger partial charge is 0.305 e. The summed E-state index contributed by atoms with van der Waals surface area (Å²) in [5, 5.41) is 23.3. The van der Waals surface area contributed by atoms with Crippen molar-refractivity contribution in [3.8, 4) is 0 Å². The van der Waals surface area contributed by atoms with Crippen molar-refractivity contribution >= 4 is 11.9 Å². The van der Waals surface area contributed by atoms with Gasteiger partial charge in [-0.1, -0.05) is 469 Å². The molecule has 0 fully saturated rings. The molecule has 0 aliphatic carbocycles. The van der Waals surface area contributed by atoms with Gasteiger partial charge < -0.3 is 20.3 Å². The number of aliphatic hydroxyl groups is 2. The van der Waals surface area contributed by atoms with Crippen LogP contribution in [0.15, 0.2) is 12.2 Å². The first kappa shape index (κ1) is 90.6. The lowest BCUT2D eigenvalue weighted by atomic mass is 10.0. The van der Waals surface area contributed by atoms with Crippen LogP contribution in [-0.4, -0.2) is 47.4 Å². The molecule has 0 aromatic rings. The highest BCUT2D eigenvalue weighted by atomic mass is 16.5. The van der Waals surface area contributed by atoms with Crippen LogP contribution in [0.4, 0.5) is 0 Å². The third kappa shape index (κ3) is 77.6. The summed E-state index contributed by atoms with van der Waals surface area (Å²) in [6.45, 7) is 4.97. The summed E-state index contributed by atoms with van der Waals surface area (Å²) in [6.07, 6.45) is 105. The topological polar surface area (TPSA) is 95.9 Å². The second-order valence-corrected chi connectivity index (χ2v) is 29.9. The van der Waals surface area contributed by atoms with Crippen molar-refractivity contribution in [3.05, 3.63) is 12.2 Å². The van der Waals surface area contributed by atoms with E-state index >= 15 is 0 Å². The van der Waals surface area contributed by atoms with Gasteiger partial charge in [-0.3, -0.25) is 9.59 Å². The molecule has 0 aliphatic rings. The van der Waals surface area contributed by atoms with Crippen molar-refractivity contribution in [2.24, 2.45) is 0 Å². The molecule has 3 N–H and O–H groups in total. The third-order valence-corrected chi connectivity index (χ3v) is 20.6. The number of unbranched alkanes of at least 4 members (excludes halogenated alkanes) is 71. The number of rotatable bonds is 82. The molecule has 6 nitrogen and oxygen atoms in total. The van der Waals surface area contributed by atoms with Crippen molar-refractivity contribution in [3.63, 3.8) is 0 Å². The van der Waals surface area contributed by atoms with E-state index in [-0.39, 0.29) is 18.5 Å². The molecule has 0 aromatic carbocycles. The van der Waals surface area contributed by atoms with Crippen molar-refractivity contribution in [2.45, 2.75) is 514 Å². The zero-order chi connectivity index (χ0) is 66.3. The van der Waals surface area contributed by atoms with Crippen LogP contribution in [0.2, 0.25) is 0 Å². The summed E-state index contributed by atoms with van der Waals surface area (Å²) in [5.41, 5.74) is 0. The quantitative estimate of drug-likeness (QED) is 0.0320. The van der Waals surface area contributed by atoms with E-state index in [0.29, 0.717) is 19.4 Å². The number of esters is 1. The molecular weight excluding hydrogens is 1130 g/mol. The molecule has 0 saturated heterocycles. The summed E-state index contributed by atoms with van der Waals surface area (Å²) in [5.74, 6) is -0.0288. The number of hydrogen-bond donors (Lipinski definition) is 3. The van der Waals surface area contributed by atoms with Crippen molar-refractivity contribution in [2.75, 3.05) is 13.2 Å². The Balaban J connectivity index is 3.32. The molecule has 1 amide bonds. The fourth-order valence-corrected chi connectivity index (χ4v) is 14.1. The van der Waals surface area contributed by atoms with E-state index in [1.807, 2.05) is 6.08 Å². The summed E-state index contributed by atoms with van der Waals surface area (Å²) in [7, 11) is 0. The number of ether oxygens (including phenoxy) is 1. The van der Waals surface area contributed by atoms with E-state index in [2.05, 4.69) is 19.2 Å². The first-order valence-corrected chi connectivity index (χ1v) is 43.0. The van der Waals surface area contributed by atoms with E-state index < -0.39 is 12.1 Å². The molecule has 2 unspecified atom stereocenters. The average molecular weight is 1300 g/mol. The molecule has 0 aliphatic heterocycles. The fourth-order valence-electron chi connectivity index (χ4n) is 14.1. The lowest BCUT2D eigenvalue weighted by molar-refractivity contribution is -0.143. The van der Waals surface area contributed by atoms with Crippen LogP contribution in [0, 0.1) is 0 Å². The van der Waals surface area contributed by atoms with Crippen molar-refractivity contribution < 1.29 is 24.5 Å². The largest absolute Gasteiger partial charge is 0.466 e. The summed E-state index contributed by atoms with van der Waals surface area (Å²) >= 11 is 0. The minimum Gasteiger partial charge on any atom is -0.466 e. The molecule has 0 saturated carbocycles. The van der Waals surface area contributed by atoms with Gasteiger partial charge in [0.2, 0.25) is 5.91 Å².